The zero-order chi connectivity index (χ0) is 13.8. The number of nitrogens with one attached hydrogen (secondary N) is 1. The molecule has 1 aromatic rings. The van der Waals surface area contributed by atoms with Gasteiger partial charge in [0.25, 0.3) is 5.91 Å². The van der Waals surface area contributed by atoms with Crippen molar-refractivity contribution in [3.63, 3.8) is 0 Å². The van der Waals surface area contributed by atoms with Crippen LogP contribution in [0.4, 0.5) is 0 Å². The molecule has 19 heavy (non-hydrogen) atoms. The van der Waals surface area contributed by atoms with Gasteiger partial charge in [0.1, 0.15) is 11.4 Å². The molecule has 1 saturated heterocycles. The number of hydrogen-bond acceptors (Lipinski definition) is 5. The molecule has 104 valence electrons. The fourth-order valence-electron chi connectivity index (χ4n) is 2.30. The molecule has 0 aromatic carbocycles. The molecule has 1 aliphatic heterocycles. The van der Waals surface area contributed by atoms with Crippen molar-refractivity contribution in [3.05, 3.63) is 17.6 Å². The number of aryl methyl sites for hydroxylation is 1. The molecule has 1 N–H and O–H groups in total. The van der Waals surface area contributed by atoms with E-state index in [1.165, 1.54) is 19.7 Å². The van der Waals surface area contributed by atoms with Crippen LogP contribution in [0.3, 0.4) is 0 Å². The summed E-state index contributed by atoms with van der Waals surface area (Å²) >= 11 is 0. The van der Waals surface area contributed by atoms with Crippen LogP contribution < -0.4 is 10.1 Å². The Labute approximate surface area is 113 Å². The molecule has 2 heterocycles. The number of ether oxygens (including phenoxy) is 1. The van der Waals surface area contributed by atoms with Crippen LogP contribution in [-0.4, -0.2) is 54.1 Å². The van der Waals surface area contributed by atoms with Crippen molar-refractivity contribution >= 4 is 5.91 Å². The maximum atomic E-state index is 12.1. The standard InChI is InChI=1S/C13H20N4O2/c1-9-14-8-11(13(16-9)19-3)12(18)15-7-10-5-4-6-17(10)2/h8,10H,4-7H2,1-3H3,(H,15,18). The number of likely N-dealkylation sites (tertiary alicyclic amines) is 1. The molecule has 2 rings (SSSR count). The largest absolute Gasteiger partial charge is 0.480 e. The lowest BCUT2D eigenvalue weighted by atomic mass is 10.2. The van der Waals surface area contributed by atoms with Gasteiger partial charge >= 0.3 is 0 Å². The molecular formula is C13H20N4O2. The van der Waals surface area contributed by atoms with Gasteiger partial charge in [0.15, 0.2) is 0 Å². The van der Waals surface area contributed by atoms with E-state index in [2.05, 4.69) is 27.2 Å². The Bertz CT molecular complexity index is 464. The molecule has 6 heteroatoms. The molecule has 0 bridgehead atoms. The summed E-state index contributed by atoms with van der Waals surface area (Å²) in [5, 5.41) is 2.92. The maximum Gasteiger partial charge on any atom is 0.258 e. The summed E-state index contributed by atoms with van der Waals surface area (Å²) in [6, 6.07) is 0.418. The van der Waals surface area contributed by atoms with Crippen LogP contribution >= 0.6 is 0 Å². The first-order valence-corrected chi connectivity index (χ1v) is 6.48. The summed E-state index contributed by atoms with van der Waals surface area (Å²) in [4.78, 5) is 22.5. The second-order valence-electron chi connectivity index (χ2n) is 4.83. The zero-order valence-corrected chi connectivity index (χ0v) is 11.6. The summed E-state index contributed by atoms with van der Waals surface area (Å²) in [7, 11) is 3.59. The molecule has 1 aliphatic rings. The smallest absolute Gasteiger partial charge is 0.258 e. The first-order chi connectivity index (χ1) is 9.11. The second kappa shape index (κ2) is 5.97. The van der Waals surface area contributed by atoms with Gasteiger partial charge in [-0.3, -0.25) is 4.79 Å². The topological polar surface area (TPSA) is 67.3 Å². The van der Waals surface area contributed by atoms with E-state index in [0.29, 0.717) is 29.9 Å². The fraction of sp³-hybridized carbons (Fsp3) is 0.615. The lowest BCUT2D eigenvalue weighted by Crippen LogP contribution is -2.38. The number of carbonyl (C=O) groups excluding carboxylic acids is 1. The summed E-state index contributed by atoms with van der Waals surface area (Å²) in [6.07, 6.45) is 3.82. The number of nitrogens with zero attached hydrogens (tertiary/aromatic N) is 3. The predicted octanol–water partition coefficient (Wildman–Crippen LogP) is 0.618. The van der Waals surface area contributed by atoms with Crippen LogP contribution in [-0.2, 0) is 0 Å². The minimum Gasteiger partial charge on any atom is -0.480 e. The molecule has 0 spiro atoms. The van der Waals surface area contributed by atoms with Gasteiger partial charge in [0.05, 0.1) is 7.11 Å². The SMILES string of the molecule is COc1nc(C)ncc1C(=O)NCC1CCCN1C. The van der Waals surface area contributed by atoms with Crippen LogP contribution in [0.1, 0.15) is 29.0 Å². The predicted molar refractivity (Wildman–Crippen MR) is 71.3 cm³/mol. The van der Waals surface area contributed by atoms with Crippen molar-refractivity contribution < 1.29 is 9.53 Å². The highest BCUT2D eigenvalue weighted by molar-refractivity contribution is 5.96. The van der Waals surface area contributed by atoms with Crippen LogP contribution in [0.25, 0.3) is 0 Å². The zero-order valence-electron chi connectivity index (χ0n) is 11.6. The number of likely N-dealkylation sites (N-methyl/N-ethyl adjacent to an activating group) is 1. The van der Waals surface area contributed by atoms with Crippen molar-refractivity contribution in [3.8, 4) is 5.88 Å². The third-order valence-corrected chi connectivity index (χ3v) is 3.48. The van der Waals surface area contributed by atoms with E-state index >= 15 is 0 Å². The molecule has 6 nitrogen and oxygen atoms in total. The summed E-state index contributed by atoms with van der Waals surface area (Å²) < 4.78 is 5.12. The second-order valence-corrected chi connectivity index (χ2v) is 4.83. The lowest BCUT2D eigenvalue weighted by molar-refractivity contribution is 0.0939. The van der Waals surface area contributed by atoms with E-state index < -0.39 is 0 Å². The fourth-order valence-corrected chi connectivity index (χ4v) is 2.30. The Morgan fingerprint density at radius 3 is 3.05 bits per heavy atom. The Kier molecular flexibility index (Phi) is 4.31. The van der Waals surface area contributed by atoms with Crippen LogP contribution in [0.15, 0.2) is 6.20 Å². The molecule has 0 saturated carbocycles. The quantitative estimate of drug-likeness (QED) is 0.863. The van der Waals surface area contributed by atoms with E-state index in [1.807, 2.05) is 0 Å². The van der Waals surface area contributed by atoms with E-state index in [9.17, 15) is 4.79 Å². The van der Waals surface area contributed by atoms with Crippen LogP contribution in [0.2, 0.25) is 0 Å². The Hall–Kier alpha value is -1.69. The lowest BCUT2D eigenvalue weighted by Gasteiger charge is -2.19. The van der Waals surface area contributed by atoms with Crippen LogP contribution in [0, 0.1) is 6.92 Å². The molecule has 1 fully saturated rings. The van der Waals surface area contributed by atoms with Crippen molar-refractivity contribution in [2.75, 3.05) is 27.2 Å². The van der Waals surface area contributed by atoms with E-state index in [1.54, 1.807) is 6.92 Å². The van der Waals surface area contributed by atoms with E-state index in [0.717, 1.165) is 13.0 Å². The van der Waals surface area contributed by atoms with E-state index in [4.69, 9.17) is 4.74 Å². The number of methoxy groups -OCH3 is 1. The first-order valence-electron chi connectivity index (χ1n) is 6.48. The Balaban J connectivity index is 1.99. The van der Waals surface area contributed by atoms with Gasteiger partial charge < -0.3 is 15.0 Å². The number of aromatic nitrogens is 2. The normalized spacial score (nSPS) is 19.4. The molecule has 1 unspecified atom stereocenters. The first kappa shape index (κ1) is 13.7. The minimum absolute atomic E-state index is 0.183. The molecule has 1 amide bonds. The average Bonchev–Trinajstić information content (AvgIpc) is 2.81. The third kappa shape index (κ3) is 3.20. The van der Waals surface area contributed by atoms with Crippen LogP contribution in [0.5, 0.6) is 5.88 Å². The molecule has 1 atom stereocenters. The minimum atomic E-state index is -0.183. The van der Waals surface area contributed by atoms with Gasteiger partial charge in [-0.05, 0) is 33.4 Å². The van der Waals surface area contributed by atoms with Gasteiger partial charge in [0, 0.05) is 18.8 Å². The molecule has 1 aromatic heterocycles. The molecular weight excluding hydrogens is 244 g/mol. The molecule has 0 radical (unpaired) electrons. The van der Waals surface area contributed by atoms with Gasteiger partial charge in [-0.1, -0.05) is 0 Å². The average molecular weight is 264 g/mol. The Morgan fingerprint density at radius 1 is 1.63 bits per heavy atom. The maximum absolute atomic E-state index is 12.1. The number of amides is 1. The number of carbonyl (C=O) groups is 1. The van der Waals surface area contributed by atoms with Gasteiger partial charge in [-0.25, -0.2) is 4.98 Å². The Morgan fingerprint density at radius 2 is 2.42 bits per heavy atom. The monoisotopic (exact) mass is 264 g/mol. The third-order valence-electron chi connectivity index (χ3n) is 3.48. The number of rotatable bonds is 4. The van der Waals surface area contributed by atoms with Gasteiger partial charge in [-0.15, -0.1) is 0 Å². The van der Waals surface area contributed by atoms with Crippen molar-refractivity contribution in [2.24, 2.45) is 0 Å². The van der Waals surface area contributed by atoms with Crippen molar-refractivity contribution in [1.82, 2.24) is 20.2 Å². The summed E-state index contributed by atoms with van der Waals surface area (Å²) in [5.41, 5.74) is 0.383. The molecule has 0 aliphatic carbocycles. The number of hydrogen-bond donors (Lipinski definition) is 1. The highest BCUT2D eigenvalue weighted by Gasteiger charge is 2.22. The highest BCUT2D eigenvalue weighted by Crippen LogP contribution is 2.16. The summed E-state index contributed by atoms with van der Waals surface area (Å²) in [6.45, 7) is 3.50. The summed E-state index contributed by atoms with van der Waals surface area (Å²) in [5.74, 6) is 0.728. The van der Waals surface area contributed by atoms with Gasteiger partial charge in [0.2, 0.25) is 5.88 Å². The van der Waals surface area contributed by atoms with Gasteiger partial charge in [-0.2, -0.15) is 4.98 Å². The van der Waals surface area contributed by atoms with Crippen molar-refractivity contribution in [2.45, 2.75) is 25.8 Å². The van der Waals surface area contributed by atoms with Crippen molar-refractivity contribution in [1.29, 1.82) is 0 Å². The highest BCUT2D eigenvalue weighted by atomic mass is 16.5. The van der Waals surface area contributed by atoms with E-state index in [-0.39, 0.29) is 5.91 Å².